The summed E-state index contributed by atoms with van der Waals surface area (Å²) in [5, 5.41) is 13.2. The van der Waals surface area contributed by atoms with Crippen LogP contribution in [0.4, 0.5) is 11.5 Å². The van der Waals surface area contributed by atoms with Crippen molar-refractivity contribution in [3.05, 3.63) is 77.1 Å². The summed E-state index contributed by atoms with van der Waals surface area (Å²) in [6.07, 6.45) is 5.69. The number of aryl methyl sites for hydroxylation is 2. The van der Waals surface area contributed by atoms with E-state index < -0.39 is 0 Å². The smallest absolute Gasteiger partial charge is 0.258 e. The molecule has 1 aliphatic rings. The lowest BCUT2D eigenvalue weighted by Gasteiger charge is -2.32. The van der Waals surface area contributed by atoms with Crippen LogP contribution in [0.2, 0.25) is 0 Å². The first-order valence-corrected chi connectivity index (χ1v) is 12.3. The quantitative estimate of drug-likeness (QED) is 0.489. The molecule has 0 radical (unpaired) electrons. The number of benzene rings is 1. The third-order valence-electron chi connectivity index (χ3n) is 5.78. The second-order valence-corrected chi connectivity index (χ2v) is 9.60. The van der Waals surface area contributed by atoms with E-state index in [2.05, 4.69) is 32.3 Å². The Morgan fingerprint density at radius 2 is 1.97 bits per heavy atom. The molecule has 2 aromatic heterocycles. The SMILES string of the molecule is Cc1cc(C)cc(NC(=O)c2cccnc2SCc2ccnc(N3CCCC(CO)C3)c2)c1. The Morgan fingerprint density at radius 3 is 2.76 bits per heavy atom. The van der Waals surface area contributed by atoms with Gasteiger partial charge in [0.1, 0.15) is 10.8 Å². The number of carbonyl (C=O) groups is 1. The molecule has 33 heavy (non-hydrogen) atoms. The van der Waals surface area contributed by atoms with Gasteiger partial charge in [0.05, 0.1) is 5.56 Å². The largest absolute Gasteiger partial charge is 0.396 e. The van der Waals surface area contributed by atoms with Gasteiger partial charge in [-0.2, -0.15) is 0 Å². The van der Waals surface area contributed by atoms with Gasteiger partial charge in [-0.3, -0.25) is 4.79 Å². The number of thioether (sulfide) groups is 1. The van der Waals surface area contributed by atoms with E-state index in [1.807, 2.05) is 44.3 Å². The molecule has 1 fully saturated rings. The first-order valence-electron chi connectivity index (χ1n) is 11.3. The van der Waals surface area contributed by atoms with Gasteiger partial charge in [-0.1, -0.05) is 6.07 Å². The van der Waals surface area contributed by atoms with Crippen molar-refractivity contribution in [3.63, 3.8) is 0 Å². The van der Waals surface area contributed by atoms with E-state index in [1.54, 1.807) is 24.0 Å². The maximum absolute atomic E-state index is 13.0. The summed E-state index contributed by atoms with van der Waals surface area (Å²) >= 11 is 1.55. The molecule has 1 amide bonds. The van der Waals surface area contributed by atoms with Gasteiger partial charge in [-0.05, 0) is 85.7 Å². The standard InChI is InChI=1S/C26H30N4O2S/c1-18-11-19(2)13-22(12-18)29-25(32)23-6-3-8-28-26(23)33-17-20-7-9-27-24(14-20)30-10-4-5-21(15-30)16-31/h3,6-9,11-14,21,31H,4-5,10,15-17H2,1-2H3,(H,29,32). The van der Waals surface area contributed by atoms with E-state index in [9.17, 15) is 9.90 Å². The fourth-order valence-electron chi connectivity index (χ4n) is 4.22. The molecule has 172 valence electrons. The third-order valence-corrected chi connectivity index (χ3v) is 6.86. The van der Waals surface area contributed by atoms with Crippen LogP contribution >= 0.6 is 11.8 Å². The van der Waals surface area contributed by atoms with E-state index in [4.69, 9.17) is 0 Å². The van der Waals surface area contributed by atoms with Gasteiger partial charge < -0.3 is 15.3 Å². The summed E-state index contributed by atoms with van der Waals surface area (Å²) in [5.41, 5.74) is 4.70. The molecule has 1 unspecified atom stereocenters. The Bertz CT molecular complexity index is 1100. The van der Waals surface area contributed by atoms with Crippen molar-refractivity contribution in [3.8, 4) is 0 Å². The van der Waals surface area contributed by atoms with Gasteiger partial charge in [-0.15, -0.1) is 11.8 Å². The fraction of sp³-hybridized carbons (Fsp3) is 0.346. The molecular weight excluding hydrogens is 432 g/mol. The van der Waals surface area contributed by atoms with Crippen molar-refractivity contribution < 1.29 is 9.90 Å². The average Bonchev–Trinajstić information content (AvgIpc) is 2.82. The second-order valence-electron chi connectivity index (χ2n) is 8.63. The highest BCUT2D eigenvalue weighted by Crippen LogP contribution is 2.27. The lowest BCUT2D eigenvalue weighted by atomic mass is 9.99. The van der Waals surface area contributed by atoms with Crippen molar-refractivity contribution >= 4 is 29.2 Å². The zero-order valence-corrected chi connectivity index (χ0v) is 19.9. The predicted molar refractivity (Wildman–Crippen MR) is 134 cm³/mol. The number of carbonyl (C=O) groups excluding carboxylic acids is 1. The molecule has 0 aliphatic carbocycles. The van der Waals surface area contributed by atoms with Gasteiger partial charge in [0.25, 0.3) is 5.91 Å². The summed E-state index contributed by atoms with van der Waals surface area (Å²) in [7, 11) is 0. The zero-order chi connectivity index (χ0) is 23.2. The molecule has 6 nitrogen and oxygen atoms in total. The minimum absolute atomic E-state index is 0.158. The van der Waals surface area contributed by atoms with Crippen LogP contribution in [0.1, 0.15) is 39.9 Å². The van der Waals surface area contributed by atoms with Gasteiger partial charge in [0, 0.05) is 43.5 Å². The Morgan fingerprint density at radius 1 is 1.15 bits per heavy atom. The lowest BCUT2D eigenvalue weighted by Crippen LogP contribution is -2.37. The fourth-order valence-corrected chi connectivity index (χ4v) is 5.16. The molecule has 0 spiro atoms. The Balaban J connectivity index is 1.45. The van der Waals surface area contributed by atoms with Crippen molar-refractivity contribution in [1.29, 1.82) is 0 Å². The number of aliphatic hydroxyl groups excluding tert-OH is 1. The van der Waals surface area contributed by atoms with Crippen molar-refractivity contribution in [2.75, 3.05) is 29.9 Å². The number of anilines is 2. The molecule has 4 rings (SSSR count). The highest BCUT2D eigenvalue weighted by Gasteiger charge is 2.20. The number of hydrogen-bond acceptors (Lipinski definition) is 6. The molecule has 0 bridgehead atoms. The Hall–Kier alpha value is -2.90. The topological polar surface area (TPSA) is 78.4 Å². The molecule has 1 atom stereocenters. The molecule has 3 heterocycles. The van der Waals surface area contributed by atoms with Crippen LogP contribution in [0, 0.1) is 19.8 Å². The number of nitrogens with one attached hydrogen (secondary N) is 1. The number of pyridine rings is 2. The molecule has 3 aromatic rings. The van der Waals surface area contributed by atoms with Gasteiger partial charge in [0.15, 0.2) is 0 Å². The van der Waals surface area contributed by atoms with E-state index in [1.165, 1.54) is 0 Å². The van der Waals surface area contributed by atoms with Crippen LogP contribution in [0.5, 0.6) is 0 Å². The molecule has 0 saturated carbocycles. The molecule has 7 heteroatoms. The van der Waals surface area contributed by atoms with Crippen molar-refractivity contribution in [2.24, 2.45) is 5.92 Å². The number of amides is 1. The minimum Gasteiger partial charge on any atom is -0.396 e. The minimum atomic E-state index is -0.158. The zero-order valence-electron chi connectivity index (χ0n) is 19.1. The van der Waals surface area contributed by atoms with Crippen LogP contribution in [0.25, 0.3) is 0 Å². The highest BCUT2D eigenvalue weighted by molar-refractivity contribution is 7.98. The van der Waals surface area contributed by atoms with Crippen LogP contribution in [0.15, 0.2) is 59.9 Å². The monoisotopic (exact) mass is 462 g/mol. The van der Waals surface area contributed by atoms with E-state index in [0.29, 0.717) is 22.3 Å². The molecule has 1 aliphatic heterocycles. The van der Waals surface area contributed by atoms with E-state index in [-0.39, 0.29) is 12.5 Å². The number of rotatable bonds is 7. The second kappa shape index (κ2) is 10.8. The first kappa shape index (κ1) is 23.3. The molecule has 1 aromatic carbocycles. The average molecular weight is 463 g/mol. The van der Waals surface area contributed by atoms with Crippen molar-refractivity contribution in [2.45, 2.75) is 37.5 Å². The number of piperidine rings is 1. The van der Waals surface area contributed by atoms with Crippen molar-refractivity contribution in [1.82, 2.24) is 9.97 Å². The summed E-state index contributed by atoms with van der Waals surface area (Å²) in [6, 6.07) is 13.7. The molecule has 2 N–H and O–H groups in total. The van der Waals surface area contributed by atoms with E-state index >= 15 is 0 Å². The maximum atomic E-state index is 13.0. The van der Waals surface area contributed by atoms with Crippen LogP contribution < -0.4 is 10.2 Å². The molecule has 1 saturated heterocycles. The summed E-state index contributed by atoms with van der Waals surface area (Å²) in [5.74, 6) is 1.79. The third kappa shape index (κ3) is 6.12. The first-order chi connectivity index (χ1) is 16.0. The number of nitrogens with zero attached hydrogens (tertiary/aromatic N) is 3. The van der Waals surface area contributed by atoms with Gasteiger partial charge in [-0.25, -0.2) is 9.97 Å². The molecular formula is C26H30N4O2S. The lowest BCUT2D eigenvalue weighted by molar-refractivity contribution is 0.102. The maximum Gasteiger partial charge on any atom is 0.258 e. The van der Waals surface area contributed by atoms with Gasteiger partial charge in [0.2, 0.25) is 0 Å². The van der Waals surface area contributed by atoms with Crippen LogP contribution in [0.3, 0.4) is 0 Å². The predicted octanol–water partition coefficient (Wildman–Crippen LogP) is 4.85. The van der Waals surface area contributed by atoms with E-state index in [0.717, 1.165) is 54.1 Å². The number of aromatic nitrogens is 2. The number of hydrogen-bond donors (Lipinski definition) is 2. The Kier molecular flexibility index (Phi) is 7.62. The summed E-state index contributed by atoms with van der Waals surface area (Å²) < 4.78 is 0. The van der Waals surface area contributed by atoms with Gasteiger partial charge >= 0.3 is 0 Å². The van der Waals surface area contributed by atoms with Crippen LogP contribution in [-0.4, -0.2) is 40.7 Å². The highest BCUT2D eigenvalue weighted by atomic mass is 32.2. The summed E-state index contributed by atoms with van der Waals surface area (Å²) in [6.45, 7) is 6.06. The Labute approximate surface area is 199 Å². The summed E-state index contributed by atoms with van der Waals surface area (Å²) in [4.78, 5) is 24.3. The normalized spacial score (nSPS) is 16.0. The number of aliphatic hydroxyl groups is 1. The van der Waals surface area contributed by atoms with Crippen LogP contribution in [-0.2, 0) is 5.75 Å².